The second-order valence-corrected chi connectivity index (χ2v) is 7.87. The van der Waals surface area contributed by atoms with Crippen molar-refractivity contribution in [2.45, 2.75) is 40.2 Å². The highest BCUT2D eigenvalue weighted by molar-refractivity contribution is 5.95. The van der Waals surface area contributed by atoms with Gasteiger partial charge in [-0.3, -0.25) is 9.59 Å². The topological polar surface area (TPSA) is 49.4 Å². The molecule has 3 rings (SSSR count). The molecule has 1 atom stereocenters. The Balaban J connectivity index is 1.67. The number of aryl methyl sites for hydroxylation is 2. The SMILES string of the molecule is Cc1cccc(C(=O)N2CCC[C@@](C)(C(=O)NCc3ccccc3C)C2)c1. The third-order valence-electron chi connectivity index (χ3n) is 5.50. The average molecular weight is 364 g/mol. The van der Waals surface area contributed by atoms with E-state index in [1.165, 1.54) is 5.56 Å². The molecule has 4 nitrogen and oxygen atoms in total. The van der Waals surface area contributed by atoms with E-state index in [2.05, 4.69) is 5.32 Å². The van der Waals surface area contributed by atoms with E-state index in [1.54, 1.807) is 0 Å². The number of carbonyl (C=O) groups is 2. The Kier molecular flexibility index (Phi) is 5.64. The van der Waals surface area contributed by atoms with Crippen LogP contribution in [-0.4, -0.2) is 29.8 Å². The molecular weight excluding hydrogens is 336 g/mol. The van der Waals surface area contributed by atoms with Crippen LogP contribution in [0.2, 0.25) is 0 Å². The second-order valence-electron chi connectivity index (χ2n) is 7.87. The summed E-state index contributed by atoms with van der Waals surface area (Å²) < 4.78 is 0. The van der Waals surface area contributed by atoms with Gasteiger partial charge in [-0.05, 0) is 56.9 Å². The largest absolute Gasteiger partial charge is 0.351 e. The van der Waals surface area contributed by atoms with Gasteiger partial charge < -0.3 is 10.2 Å². The lowest BCUT2D eigenvalue weighted by Crippen LogP contribution is -2.51. The molecule has 0 saturated carbocycles. The van der Waals surface area contributed by atoms with Crippen molar-refractivity contribution in [3.63, 3.8) is 0 Å². The smallest absolute Gasteiger partial charge is 0.253 e. The standard InChI is InChI=1S/C23H28N2O2/c1-17-8-6-11-19(14-17)21(26)25-13-7-12-23(3,16-25)22(27)24-15-20-10-5-4-9-18(20)2/h4-6,8-11,14H,7,12-13,15-16H2,1-3H3,(H,24,27)/t23-/m1/s1. The molecule has 2 amide bonds. The normalized spacial score (nSPS) is 19.6. The summed E-state index contributed by atoms with van der Waals surface area (Å²) in [5.74, 6) is 0.0313. The minimum absolute atomic E-state index is 0.0105. The molecule has 27 heavy (non-hydrogen) atoms. The number of hydrogen-bond donors (Lipinski definition) is 1. The summed E-state index contributed by atoms with van der Waals surface area (Å²) in [5.41, 5.74) is 3.50. The van der Waals surface area contributed by atoms with Crippen molar-refractivity contribution < 1.29 is 9.59 Å². The van der Waals surface area contributed by atoms with Crippen molar-refractivity contribution in [1.29, 1.82) is 0 Å². The number of hydrogen-bond acceptors (Lipinski definition) is 2. The quantitative estimate of drug-likeness (QED) is 0.895. The fourth-order valence-corrected chi connectivity index (χ4v) is 3.76. The van der Waals surface area contributed by atoms with E-state index < -0.39 is 5.41 Å². The fourth-order valence-electron chi connectivity index (χ4n) is 3.76. The average Bonchev–Trinajstić information content (AvgIpc) is 2.66. The summed E-state index contributed by atoms with van der Waals surface area (Å²) in [7, 11) is 0. The molecule has 1 saturated heterocycles. The summed E-state index contributed by atoms with van der Waals surface area (Å²) >= 11 is 0. The highest BCUT2D eigenvalue weighted by Crippen LogP contribution is 2.31. The summed E-state index contributed by atoms with van der Waals surface area (Å²) in [5, 5.41) is 3.08. The number of nitrogens with one attached hydrogen (secondary N) is 1. The van der Waals surface area contributed by atoms with Crippen LogP contribution in [0.3, 0.4) is 0 Å². The summed E-state index contributed by atoms with van der Waals surface area (Å²) in [6, 6.07) is 15.7. The van der Waals surface area contributed by atoms with Crippen LogP contribution in [0.1, 0.15) is 46.8 Å². The number of piperidine rings is 1. The van der Waals surface area contributed by atoms with Crippen LogP contribution in [-0.2, 0) is 11.3 Å². The first-order chi connectivity index (χ1) is 12.9. The molecule has 0 spiro atoms. The summed E-state index contributed by atoms with van der Waals surface area (Å²) in [6.07, 6.45) is 1.63. The highest BCUT2D eigenvalue weighted by atomic mass is 16.2. The predicted octanol–water partition coefficient (Wildman–Crippen LogP) is 3.86. The molecule has 1 aliphatic heterocycles. The number of likely N-dealkylation sites (tertiary alicyclic amines) is 1. The monoisotopic (exact) mass is 364 g/mol. The molecular formula is C23H28N2O2. The fraction of sp³-hybridized carbons (Fsp3) is 0.391. The summed E-state index contributed by atoms with van der Waals surface area (Å²) in [4.78, 5) is 27.6. The summed E-state index contributed by atoms with van der Waals surface area (Å²) in [6.45, 7) is 7.68. The Morgan fingerprint density at radius 3 is 2.63 bits per heavy atom. The van der Waals surface area contributed by atoms with E-state index in [0.29, 0.717) is 25.2 Å². The van der Waals surface area contributed by atoms with Gasteiger partial charge >= 0.3 is 0 Å². The first-order valence-electron chi connectivity index (χ1n) is 9.58. The molecule has 2 aromatic carbocycles. The van der Waals surface area contributed by atoms with Crippen LogP contribution in [0.5, 0.6) is 0 Å². The van der Waals surface area contributed by atoms with Gasteiger partial charge in [0, 0.05) is 25.2 Å². The molecule has 0 bridgehead atoms. The Hall–Kier alpha value is -2.62. The van der Waals surface area contributed by atoms with Crippen LogP contribution in [0.15, 0.2) is 48.5 Å². The Morgan fingerprint density at radius 1 is 1.11 bits per heavy atom. The van der Waals surface area contributed by atoms with Crippen molar-refractivity contribution in [3.8, 4) is 0 Å². The minimum Gasteiger partial charge on any atom is -0.351 e. The molecule has 142 valence electrons. The Bertz CT molecular complexity index is 846. The van der Waals surface area contributed by atoms with Crippen molar-refractivity contribution in [2.75, 3.05) is 13.1 Å². The third kappa shape index (κ3) is 4.38. The van der Waals surface area contributed by atoms with Crippen LogP contribution in [0.4, 0.5) is 0 Å². The minimum atomic E-state index is -0.555. The van der Waals surface area contributed by atoms with Crippen molar-refractivity contribution in [2.24, 2.45) is 5.41 Å². The van der Waals surface area contributed by atoms with E-state index in [0.717, 1.165) is 24.0 Å². The van der Waals surface area contributed by atoms with Gasteiger partial charge in [-0.15, -0.1) is 0 Å². The molecule has 1 fully saturated rings. The predicted molar refractivity (Wildman–Crippen MR) is 107 cm³/mol. The first-order valence-corrected chi connectivity index (χ1v) is 9.58. The zero-order chi connectivity index (χ0) is 19.4. The van der Waals surface area contributed by atoms with E-state index in [9.17, 15) is 9.59 Å². The number of carbonyl (C=O) groups excluding carboxylic acids is 2. The van der Waals surface area contributed by atoms with Gasteiger partial charge in [-0.25, -0.2) is 0 Å². The van der Waals surface area contributed by atoms with E-state index in [-0.39, 0.29) is 11.8 Å². The maximum Gasteiger partial charge on any atom is 0.253 e. The molecule has 0 unspecified atom stereocenters. The lowest BCUT2D eigenvalue weighted by molar-refractivity contribution is -0.132. The molecule has 2 aromatic rings. The van der Waals surface area contributed by atoms with Gasteiger partial charge in [-0.1, -0.05) is 42.0 Å². The molecule has 0 radical (unpaired) electrons. The van der Waals surface area contributed by atoms with E-state index in [1.807, 2.05) is 74.2 Å². The van der Waals surface area contributed by atoms with Crippen LogP contribution in [0.25, 0.3) is 0 Å². The van der Waals surface area contributed by atoms with Gasteiger partial charge in [0.1, 0.15) is 0 Å². The van der Waals surface area contributed by atoms with Gasteiger partial charge in [0.15, 0.2) is 0 Å². The number of nitrogens with zero attached hydrogens (tertiary/aromatic N) is 1. The molecule has 0 aromatic heterocycles. The van der Waals surface area contributed by atoms with E-state index >= 15 is 0 Å². The van der Waals surface area contributed by atoms with Crippen molar-refractivity contribution >= 4 is 11.8 Å². The van der Waals surface area contributed by atoms with Gasteiger partial charge in [0.2, 0.25) is 5.91 Å². The lowest BCUT2D eigenvalue weighted by Gasteiger charge is -2.39. The van der Waals surface area contributed by atoms with Crippen molar-refractivity contribution in [3.05, 3.63) is 70.8 Å². The van der Waals surface area contributed by atoms with Gasteiger partial charge in [0.25, 0.3) is 5.91 Å². The highest BCUT2D eigenvalue weighted by Gasteiger charge is 2.39. The van der Waals surface area contributed by atoms with Crippen LogP contribution in [0, 0.1) is 19.3 Å². The molecule has 4 heteroatoms. The molecule has 0 aliphatic carbocycles. The van der Waals surface area contributed by atoms with Gasteiger partial charge in [-0.2, -0.15) is 0 Å². The number of benzene rings is 2. The maximum atomic E-state index is 12.9. The zero-order valence-electron chi connectivity index (χ0n) is 16.4. The zero-order valence-corrected chi connectivity index (χ0v) is 16.4. The number of rotatable bonds is 4. The van der Waals surface area contributed by atoms with Crippen molar-refractivity contribution in [1.82, 2.24) is 10.2 Å². The third-order valence-corrected chi connectivity index (χ3v) is 5.50. The second kappa shape index (κ2) is 7.95. The maximum absolute atomic E-state index is 12.9. The van der Waals surface area contributed by atoms with Crippen LogP contribution >= 0.6 is 0 Å². The van der Waals surface area contributed by atoms with E-state index in [4.69, 9.17) is 0 Å². The first kappa shape index (κ1) is 19.2. The molecule has 1 heterocycles. The Labute approximate surface area is 161 Å². The van der Waals surface area contributed by atoms with Crippen LogP contribution < -0.4 is 5.32 Å². The Morgan fingerprint density at radius 2 is 1.89 bits per heavy atom. The lowest BCUT2D eigenvalue weighted by atomic mass is 9.80. The number of amides is 2. The molecule has 1 N–H and O–H groups in total. The molecule has 1 aliphatic rings. The van der Waals surface area contributed by atoms with Gasteiger partial charge in [0.05, 0.1) is 5.41 Å².